The SMILES string of the molecule is CC(C)OC[C@@]1(N=[N+]=[N-])O[C@@H](C)[C@@H](O)C1OC(C)C. The largest absolute Gasteiger partial charge is 0.388 e. The van der Waals surface area contributed by atoms with Gasteiger partial charge < -0.3 is 19.3 Å². The lowest BCUT2D eigenvalue weighted by molar-refractivity contribution is -0.154. The number of aliphatic hydroxyl groups is 1. The van der Waals surface area contributed by atoms with Crippen LogP contribution in [0.1, 0.15) is 34.6 Å². The molecule has 1 unspecified atom stereocenters. The molecule has 1 fully saturated rings. The Kier molecular flexibility index (Phi) is 5.58. The first-order valence-corrected chi connectivity index (χ1v) is 6.51. The molecule has 0 spiro atoms. The molecule has 0 aliphatic carbocycles. The van der Waals surface area contributed by atoms with Crippen LogP contribution in [0.5, 0.6) is 0 Å². The highest BCUT2D eigenvalue weighted by Gasteiger charge is 2.54. The second-order valence-corrected chi connectivity index (χ2v) is 5.31. The lowest BCUT2D eigenvalue weighted by Gasteiger charge is -2.31. The smallest absolute Gasteiger partial charge is 0.199 e. The molecule has 1 aliphatic rings. The van der Waals surface area contributed by atoms with Crippen molar-refractivity contribution in [2.75, 3.05) is 6.61 Å². The van der Waals surface area contributed by atoms with E-state index in [-0.39, 0.29) is 18.8 Å². The number of ether oxygens (including phenoxy) is 3. The van der Waals surface area contributed by atoms with Crippen molar-refractivity contribution in [3.8, 4) is 0 Å². The molecule has 0 saturated carbocycles. The Hall–Kier alpha value is -0.850. The van der Waals surface area contributed by atoms with Gasteiger partial charge in [-0.1, -0.05) is 5.11 Å². The third kappa shape index (κ3) is 3.81. The lowest BCUT2D eigenvalue weighted by atomic mass is 10.0. The summed E-state index contributed by atoms with van der Waals surface area (Å²) in [7, 11) is 0. The predicted molar refractivity (Wildman–Crippen MR) is 69.5 cm³/mol. The van der Waals surface area contributed by atoms with Crippen LogP contribution in [0.2, 0.25) is 0 Å². The summed E-state index contributed by atoms with van der Waals surface area (Å²) in [6, 6.07) is 0. The van der Waals surface area contributed by atoms with Crippen molar-refractivity contribution in [1.82, 2.24) is 0 Å². The molecule has 7 nitrogen and oxygen atoms in total. The average molecular weight is 273 g/mol. The van der Waals surface area contributed by atoms with Crippen LogP contribution in [0.3, 0.4) is 0 Å². The minimum atomic E-state index is -1.32. The van der Waals surface area contributed by atoms with Gasteiger partial charge in [-0.2, -0.15) is 0 Å². The van der Waals surface area contributed by atoms with Crippen LogP contribution in [0.4, 0.5) is 0 Å². The number of hydrogen-bond donors (Lipinski definition) is 1. The Balaban J connectivity index is 2.99. The molecule has 7 heteroatoms. The van der Waals surface area contributed by atoms with E-state index in [4.69, 9.17) is 19.7 Å². The average Bonchev–Trinajstić information content (AvgIpc) is 2.52. The predicted octanol–water partition coefficient (Wildman–Crippen LogP) is 1.99. The number of azide groups is 1. The zero-order valence-corrected chi connectivity index (χ0v) is 12.1. The van der Waals surface area contributed by atoms with E-state index in [0.29, 0.717) is 0 Å². The van der Waals surface area contributed by atoms with E-state index in [1.54, 1.807) is 6.92 Å². The quantitative estimate of drug-likeness (QED) is 0.454. The highest BCUT2D eigenvalue weighted by molar-refractivity contribution is 5.01. The van der Waals surface area contributed by atoms with Gasteiger partial charge in [-0.15, -0.1) is 0 Å². The van der Waals surface area contributed by atoms with E-state index in [9.17, 15) is 5.11 Å². The molecule has 0 bridgehead atoms. The van der Waals surface area contributed by atoms with E-state index in [2.05, 4.69) is 10.0 Å². The van der Waals surface area contributed by atoms with E-state index in [1.807, 2.05) is 27.7 Å². The maximum absolute atomic E-state index is 10.1. The van der Waals surface area contributed by atoms with Crippen molar-refractivity contribution in [3.05, 3.63) is 10.4 Å². The van der Waals surface area contributed by atoms with Crippen molar-refractivity contribution in [2.45, 2.75) is 70.9 Å². The maximum Gasteiger partial charge on any atom is 0.199 e. The van der Waals surface area contributed by atoms with Crippen LogP contribution in [-0.4, -0.2) is 48.0 Å². The van der Waals surface area contributed by atoms with Crippen molar-refractivity contribution < 1.29 is 19.3 Å². The summed E-state index contributed by atoms with van der Waals surface area (Å²) in [5.41, 5.74) is 7.45. The highest BCUT2D eigenvalue weighted by atomic mass is 16.6. The minimum absolute atomic E-state index is 0.0397. The summed E-state index contributed by atoms with van der Waals surface area (Å²) in [6.07, 6.45) is -2.24. The lowest BCUT2D eigenvalue weighted by Crippen LogP contribution is -2.48. The number of hydrogen-bond acceptors (Lipinski definition) is 5. The summed E-state index contributed by atoms with van der Waals surface area (Å²) in [6.45, 7) is 9.20. The summed E-state index contributed by atoms with van der Waals surface area (Å²) in [5, 5.41) is 13.9. The monoisotopic (exact) mass is 273 g/mol. The van der Waals surface area contributed by atoms with Gasteiger partial charge >= 0.3 is 0 Å². The van der Waals surface area contributed by atoms with Gasteiger partial charge in [0.1, 0.15) is 12.2 Å². The first kappa shape index (κ1) is 16.2. The molecule has 1 saturated heterocycles. The van der Waals surface area contributed by atoms with Gasteiger partial charge in [0.15, 0.2) is 5.72 Å². The van der Waals surface area contributed by atoms with Crippen LogP contribution in [-0.2, 0) is 14.2 Å². The molecule has 4 atom stereocenters. The number of aliphatic hydroxyl groups excluding tert-OH is 1. The summed E-state index contributed by atoms with van der Waals surface area (Å²) in [4.78, 5) is 2.82. The van der Waals surface area contributed by atoms with E-state index < -0.39 is 24.0 Å². The van der Waals surface area contributed by atoms with Gasteiger partial charge in [0.2, 0.25) is 0 Å². The van der Waals surface area contributed by atoms with Crippen molar-refractivity contribution in [3.63, 3.8) is 0 Å². The first-order valence-electron chi connectivity index (χ1n) is 6.51. The van der Waals surface area contributed by atoms with Crippen LogP contribution >= 0.6 is 0 Å². The molecule has 19 heavy (non-hydrogen) atoms. The Bertz CT molecular complexity index is 344. The fraction of sp³-hybridized carbons (Fsp3) is 1.00. The van der Waals surface area contributed by atoms with Crippen LogP contribution in [0, 0.1) is 0 Å². The van der Waals surface area contributed by atoms with Gasteiger partial charge in [-0.3, -0.25) is 0 Å². The fourth-order valence-electron chi connectivity index (χ4n) is 2.04. The highest BCUT2D eigenvalue weighted by Crippen LogP contribution is 2.36. The van der Waals surface area contributed by atoms with Crippen molar-refractivity contribution >= 4 is 0 Å². The number of nitrogens with zero attached hydrogens (tertiary/aromatic N) is 3. The third-order valence-corrected chi connectivity index (χ3v) is 2.88. The molecule has 110 valence electrons. The summed E-state index contributed by atoms with van der Waals surface area (Å²) < 4.78 is 16.8. The van der Waals surface area contributed by atoms with Crippen LogP contribution in [0.25, 0.3) is 10.4 Å². The Morgan fingerprint density at radius 3 is 2.47 bits per heavy atom. The zero-order valence-electron chi connectivity index (χ0n) is 12.1. The second-order valence-electron chi connectivity index (χ2n) is 5.31. The molecular weight excluding hydrogens is 250 g/mol. The molecule has 0 radical (unpaired) electrons. The van der Waals surface area contributed by atoms with E-state index in [1.165, 1.54) is 0 Å². The zero-order chi connectivity index (χ0) is 14.6. The van der Waals surface area contributed by atoms with Crippen LogP contribution in [0.15, 0.2) is 5.11 Å². The Morgan fingerprint density at radius 1 is 1.37 bits per heavy atom. The van der Waals surface area contributed by atoms with Gasteiger partial charge in [0, 0.05) is 4.91 Å². The maximum atomic E-state index is 10.1. The molecule has 1 heterocycles. The van der Waals surface area contributed by atoms with Gasteiger partial charge in [-0.25, -0.2) is 0 Å². The minimum Gasteiger partial charge on any atom is -0.388 e. The summed E-state index contributed by atoms with van der Waals surface area (Å²) in [5.74, 6) is 0. The molecule has 0 amide bonds. The van der Waals surface area contributed by atoms with Gasteiger partial charge in [0.05, 0.1) is 24.9 Å². The van der Waals surface area contributed by atoms with Gasteiger partial charge in [-0.05, 0) is 40.1 Å². The normalized spacial score (nSPS) is 34.8. The second kappa shape index (κ2) is 6.54. The Morgan fingerprint density at radius 2 is 2.00 bits per heavy atom. The van der Waals surface area contributed by atoms with E-state index in [0.717, 1.165) is 0 Å². The van der Waals surface area contributed by atoms with Crippen molar-refractivity contribution in [2.24, 2.45) is 5.11 Å². The summed E-state index contributed by atoms with van der Waals surface area (Å²) >= 11 is 0. The molecule has 1 aliphatic heterocycles. The fourth-order valence-corrected chi connectivity index (χ4v) is 2.04. The third-order valence-electron chi connectivity index (χ3n) is 2.88. The van der Waals surface area contributed by atoms with Crippen molar-refractivity contribution in [1.29, 1.82) is 0 Å². The molecule has 1 rings (SSSR count). The number of rotatable bonds is 6. The van der Waals surface area contributed by atoms with Crippen LogP contribution < -0.4 is 0 Å². The first-order chi connectivity index (χ1) is 8.82. The molecule has 1 N–H and O–H groups in total. The molecular formula is C12H23N3O4. The molecule has 0 aromatic rings. The standard InChI is InChI=1S/C12H23N3O4/c1-7(2)17-6-12(14-15-13)11(18-8(3)4)10(16)9(5)19-12/h7-11,16H,6H2,1-5H3/t9-,10+,11?,12+/m0/s1. The Labute approximate surface area is 113 Å². The molecule has 0 aromatic carbocycles. The topological polar surface area (TPSA) is 96.7 Å². The van der Waals surface area contributed by atoms with E-state index >= 15 is 0 Å². The molecule has 0 aromatic heterocycles. The van der Waals surface area contributed by atoms with Gasteiger partial charge in [0.25, 0.3) is 0 Å².